The van der Waals surface area contributed by atoms with Crippen LogP contribution in [0.2, 0.25) is 0 Å². The van der Waals surface area contributed by atoms with Crippen LogP contribution in [0, 0.1) is 5.92 Å². The Morgan fingerprint density at radius 1 is 1.24 bits per heavy atom. The van der Waals surface area contributed by atoms with Gasteiger partial charge >= 0.3 is 0 Å². The third-order valence-electron chi connectivity index (χ3n) is 3.68. The summed E-state index contributed by atoms with van der Waals surface area (Å²) in [5, 5.41) is 1.03. The monoisotopic (exact) mass is 289 g/mol. The lowest BCUT2D eigenvalue weighted by molar-refractivity contribution is 0.0237. The third-order valence-corrected chi connectivity index (χ3v) is 3.68. The summed E-state index contributed by atoms with van der Waals surface area (Å²) in [5.41, 5.74) is 4.43. The summed E-state index contributed by atoms with van der Waals surface area (Å²) in [6.07, 6.45) is 0.183. The maximum atomic E-state index is 5.87. The SMILES string of the molecule is COc1ccc2cc(COC(C)C(C)C)c(NN)nc2c1. The molecule has 2 rings (SSSR count). The highest BCUT2D eigenvalue weighted by molar-refractivity contribution is 5.83. The van der Waals surface area contributed by atoms with E-state index in [1.165, 1.54) is 0 Å². The highest BCUT2D eigenvalue weighted by Crippen LogP contribution is 2.25. The molecule has 1 atom stereocenters. The molecule has 0 aliphatic heterocycles. The number of nitrogens with two attached hydrogens (primary N) is 1. The average Bonchev–Trinajstić information content (AvgIpc) is 2.50. The van der Waals surface area contributed by atoms with E-state index in [1.807, 2.05) is 24.3 Å². The van der Waals surface area contributed by atoms with Crippen molar-refractivity contribution in [2.24, 2.45) is 11.8 Å². The highest BCUT2D eigenvalue weighted by atomic mass is 16.5. The maximum absolute atomic E-state index is 5.87. The lowest BCUT2D eigenvalue weighted by Gasteiger charge is -2.18. The molecular formula is C16H23N3O2. The zero-order valence-corrected chi connectivity index (χ0v) is 13.0. The van der Waals surface area contributed by atoms with Crippen molar-refractivity contribution < 1.29 is 9.47 Å². The van der Waals surface area contributed by atoms with Crippen molar-refractivity contribution in [2.45, 2.75) is 33.5 Å². The van der Waals surface area contributed by atoms with Crippen molar-refractivity contribution in [2.75, 3.05) is 12.5 Å². The second kappa shape index (κ2) is 6.74. The molecule has 0 fully saturated rings. The molecule has 5 heteroatoms. The number of nitrogens with zero attached hydrogens (tertiary/aromatic N) is 1. The van der Waals surface area contributed by atoms with Gasteiger partial charge in [0.15, 0.2) is 0 Å². The van der Waals surface area contributed by atoms with Gasteiger partial charge in [-0.05, 0) is 31.0 Å². The van der Waals surface area contributed by atoms with Crippen molar-refractivity contribution in [3.8, 4) is 5.75 Å². The van der Waals surface area contributed by atoms with Gasteiger partial charge < -0.3 is 14.9 Å². The van der Waals surface area contributed by atoms with Crippen molar-refractivity contribution in [1.29, 1.82) is 0 Å². The molecule has 1 heterocycles. The van der Waals surface area contributed by atoms with Crippen LogP contribution in [0.1, 0.15) is 26.3 Å². The number of ether oxygens (including phenoxy) is 2. The Morgan fingerprint density at radius 2 is 2.00 bits per heavy atom. The number of fused-ring (bicyclic) bond motifs is 1. The van der Waals surface area contributed by atoms with E-state index in [0.717, 1.165) is 22.2 Å². The van der Waals surface area contributed by atoms with Gasteiger partial charge in [0, 0.05) is 17.0 Å². The molecule has 1 aromatic heterocycles. The van der Waals surface area contributed by atoms with Crippen LogP contribution in [-0.2, 0) is 11.3 Å². The molecule has 21 heavy (non-hydrogen) atoms. The highest BCUT2D eigenvalue weighted by Gasteiger charge is 2.11. The Hall–Kier alpha value is -1.85. The van der Waals surface area contributed by atoms with Crippen LogP contribution < -0.4 is 16.0 Å². The number of nitrogen functional groups attached to an aromatic ring is 1. The minimum Gasteiger partial charge on any atom is -0.497 e. The van der Waals surface area contributed by atoms with Gasteiger partial charge in [0.1, 0.15) is 11.6 Å². The molecule has 0 aliphatic rings. The first kappa shape index (κ1) is 15.5. The molecule has 0 aliphatic carbocycles. The topological polar surface area (TPSA) is 69.4 Å². The third kappa shape index (κ3) is 3.62. The molecule has 1 aromatic carbocycles. The number of pyridine rings is 1. The summed E-state index contributed by atoms with van der Waals surface area (Å²) in [5.74, 6) is 7.45. The summed E-state index contributed by atoms with van der Waals surface area (Å²) in [6.45, 7) is 6.82. The van der Waals surface area contributed by atoms with E-state index in [1.54, 1.807) is 7.11 Å². The summed E-state index contributed by atoms with van der Waals surface area (Å²) >= 11 is 0. The minimum absolute atomic E-state index is 0.183. The number of aromatic nitrogens is 1. The predicted octanol–water partition coefficient (Wildman–Crippen LogP) is 3.09. The number of hydrazine groups is 1. The Balaban J connectivity index is 2.30. The van der Waals surface area contributed by atoms with E-state index in [-0.39, 0.29) is 6.10 Å². The lowest BCUT2D eigenvalue weighted by Crippen LogP contribution is -2.17. The number of hydrogen-bond donors (Lipinski definition) is 2. The first-order valence-electron chi connectivity index (χ1n) is 7.11. The second-order valence-corrected chi connectivity index (χ2v) is 5.46. The standard InChI is InChI=1S/C16H23N3O2/c1-10(2)11(3)21-9-13-7-12-5-6-14(20-4)8-15(12)18-16(13)19-17/h5-8,10-11H,9,17H2,1-4H3,(H,18,19). The quantitative estimate of drug-likeness (QED) is 0.631. The Morgan fingerprint density at radius 3 is 2.62 bits per heavy atom. The van der Waals surface area contributed by atoms with Crippen LogP contribution in [0.25, 0.3) is 10.9 Å². The van der Waals surface area contributed by atoms with Gasteiger partial charge in [-0.3, -0.25) is 0 Å². The number of rotatable bonds is 6. The van der Waals surface area contributed by atoms with Crippen molar-refractivity contribution in [3.63, 3.8) is 0 Å². The molecule has 0 saturated heterocycles. The van der Waals surface area contributed by atoms with Crippen molar-refractivity contribution >= 4 is 16.7 Å². The zero-order valence-electron chi connectivity index (χ0n) is 13.0. The van der Waals surface area contributed by atoms with Crippen LogP contribution in [0.15, 0.2) is 24.3 Å². The molecule has 0 spiro atoms. The molecule has 0 bridgehead atoms. The molecule has 0 amide bonds. The van der Waals surface area contributed by atoms with Crippen molar-refractivity contribution in [1.82, 2.24) is 4.98 Å². The first-order chi connectivity index (χ1) is 10.0. The van der Waals surface area contributed by atoms with Gasteiger partial charge in [0.2, 0.25) is 0 Å². The molecule has 0 saturated carbocycles. The van der Waals surface area contributed by atoms with Gasteiger partial charge in [-0.15, -0.1) is 0 Å². The van der Waals surface area contributed by atoms with E-state index >= 15 is 0 Å². The lowest BCUT2D eigenvalue weighted by atomic mass is 10.1. The average molecular weight is 289 g/mol. The van der Waals surface area contributed by atoms with Gasteiger partial charge in [-0.2, -0.15) is 0 Å². The Bertz CT molecular complexity index is 614. The van der Waals surface area contributed by atoms with Crippen molar-refractivity contribution in [3.05, 3.63) is 29.8 Å². The molecule has 114 valence electrons. The summed E-state index contributed by atoms with van der Waals surface area (Å²) < 4.78 is 11.1. The smallest absolute Gasteiger partial charge is 0.146 e. The predicted molar refractivity (Wildman–Crippen MR) is 85.2 cm³/mol. The van der Waals surface area contributed by atoms with E-state index in [2.05, 4.69) is 31.2 Å². The fourth-order valence-corrected chi connectivity index (χ4v) is 1.97. The van der Waals surface area contributed by atoms with E-state index in [4.69, 9.17) is 15.3 Å². The molecular weight excluding hydrogens is 266 g/mol. The van der Waals surface area contributed by atoms with Gasteiger partial charge in [0.25, 0.3) is 0 Å². The summed E-state index contributed by atoms with van der Waals surface area (Å²) in [6, 6.07) is 7.83. The fraction of sp³-hybridized carbons (Fsp3) is 0.438. The van der Waals surface area contributed by atoms with Gasteiger partial charge in [-0.25, -0.2) is 10.8 Å². The molecule has 0 radical (unpaired) electrons. The molecule has 2 aromatic rings. The van der Waals surface area contributed by atoms with E-state index in [0.29, 0.717) is 18.3 Å². The van der Waals surface area contributed by atoms with Gasteiger partial charge in [0.05, 0.1) is 25.3 Å². The largest absolute Gasteiger partial charge is 0.497 e. The van der Waals surface area contributed by atoms with E-state index < -0.39 is 0 Å². The zero-order chi connectivity index (χ0) is 15.4. The van der Waals surface area contributed by atoms with Crippen LogP contribution in [0.4, 0.5) is 5.82 Å². The number of anilines is 1. The Labute approximate surface area is 125 Å². The second-order valence-electron chi connectivity index (χ2n) is 5.46. The fourth-order valence-electron chi connectivity index (χ4n) is 1.97. The first-order valence-corrected chi connectivity index (χ1v) is 7.11. The summed E-state index contributed by atoms with van der Waals surface area (Å²) in [4.78, 5) is 4.53. The van der Waals surface area contributed by atoms with Gasteiger partial charge in [-0.1, -0.05) is 13.8 Å². The number of nitrogens with one attached hydrogen (secondary N) is 1. The van der Waals surface area contributed by atoms with Crippen LogP contribution in [-0.4, -0.2) is 18.2 Å². The van der Waals surface area contributed by atoms with Crippen LogP contribution in [0.5, 0.6) is 5.75 Å². The molecule has 3 N–H and O–H groups in total. The van der Waals surface area contributed by atoms with E-state index in [9.17, 15) is 0 Å². The maximum Gasteiger partial charge on any atom is 0.146 e. The normalized spacial score (nSPS) is 12.7. The van der Waals surface area contributed by atoms with Crippen LogP contribution in [0.3, 0.4) is 0 Å². The summed E-state index contributed by atoms with van der Waals surface area (Å²) in [7, 11) is 1.64. The molecule has 5 nitrogen and oxygen atoms in total. The van der Waals surface area contributed by atoms with Crippen LogP contribution >= 0.6 is 0 Å². The number of benzene rings is 1. The molecule has 1 unspecified atom stereocenters. The number of hydrogen-bond acceptors (Lipinski definition) is 5. The number of methoxy groups -OCH3 is 1. The Kier molecular flexibility index (Phi) is 4.98. The minimum atomic E-state index is 0.183.